The van der Waals surface area contributed by atoms with Gasteiger partial charge in [0.25, 0.3) is 0 Å². The third-order valence-corrected chi connectivity index (χ3v) is 4.14. The minimum atomic E-state index is 0.460. The summed E-state index contributed by atoms with van der Waals surface area (Å²) in [5, 5.41) is 1.11. The molecule has 0 amide bonds. The molecule has 1 aliphatic heterocycles. The maximum atomic E-state index is 5.68. The molecule has 0 aromatic rings. The van der Waals surface area contributed by atoms with E-state index in [-0.39, 0.29) is 0 Å². The van der Waals surface area contributed by atoms with Gasteiger partial charge in [0, 0.05) is 25.0 Å². The Morgan fingerprint density at radius 2 is 2.20 bits per heavy atom. The van der Waals surface area contributed by atoms with Crippen molar-refractivity contribution >= 4 is 15.9 Å². The average molecular weight is 278 g/mol. The molecule has 2 unspecified atom stereocenters. The van der Waals surface area contributed by atoms with Gasteiger partial charge < -0.3 is 4.74 Å². The quantitative estimate of drug-likeness (QED) is 0.717. The molecule has 2 nitrogen and oxygen atoms in total. The Balaban J connectivity index is 2.36. The van der Waals surface area contributed by atoms with E-state index in [0.29, 0.717) is 6.10 Å². The van der Waals surface area contributed by atoms with Crippen LogP contribution in [0.2, 0.25) is 0 Å². The highest BCUT2D eigenvalue weighted by Gasteiger charge is 2.22. The van der Waals surface area contributed by atoms with Crippen LogP contribution in [0.3, 0.4) is 0 Å². The first-order valence-electron chi connectivity index (χ1n) is 6.07. The van der Waals surface area contributed by atoms with Gasteiger partial charge in [-0.15, -0.1) is 0 Å². The van der Waals surface area contributed by atoms with Crippen LogP contribution in [0.25, 0.3) is 0 Å². The first-order valence-corrected chi connectivity index (χ1v) is 7.19. The third-order valence-electron chi connectivity index (χ3n) is 3.31. The second-order valence-corrected chi connectivity index (χ2v) is 5.47. The van der Waals surface area contributed by atoms with Crippen molar-refractivity contribution in [2.24, 2.45) is 11.8 Å². The number of hydrogen-bond donors (Lipinski definition) is 0. The van der Waals surface area contributed by atoms with Crippen LogP contribution in [0.4, 0.5) is 0 Å². The molecule has 1 fully saturated rings. The van der Waals surface area contributed by atoms with E-state index >= 15 is 0 Å². The minimum Gasteiger partial charge on any atom is -0.376 e. The molecule has 1 rings (SSSR count). The molecule has 3 heteroatoms. The number of hydrogen-bond acceptors (Lipinski definition) is 2. The number of alkyl halides is 1. The molecule has 2 atom stereocenters. The monoisotopic (exact) mass is 277 g/mol. The second kappa shape index (κ2) is 6.87. The Labute approximate surface area is 102 Å². The van der Waals surface area contributed by atoms with Gasteiger partial charge in [0.1, 0.15) is 0 Å². The Bertz CT molecular complexity index is 175. The van der Waals surface area contributed by atoms with Crippen LogP contribution in [0.5, 0.6) is 0 Å². The Kier molecular flexibility index (Phi) is 6.17. The average Bonchev–Trinajstić information content (AvgIpc) is 2.25. The van der Waals surface area contributed by atoms with Crippen LogP contribution in [-0.2, 0) is 4.74 Å². The topological polar surface area (TPSA) is 12.5 Å². The van der Waals surface area contributed by atoms with E-state index in [1.807, 2.05) is 0 Å². The summed E-state index contributed by atoms with van der Waals surface area (Å²) in [6, 6.07) is 0. The predicted octanol–water partition coefficient (Wildman–Crippen LogP) is 2.76. The van der Waals surface area contributed by atoms with E-state index < -0.39 is 0 Å². The lowest BCUT2D eigenvalue weighted by atomic mass is 9.97. The molecule has 0 aromatic carbocycles. The maximum Gasteiger partial charge on any atom is 0.0700 e. The lowest BCUT2D eigenvalue weighted by Gasteiger charge is -2.35. The number of nitrogens with zero attached hydrogens (tertiary/aromatic N) is 1. The van der Waals surface area contributed by atoms with Crippen molar-refractivity contribution in [3.8, 4) is 0 Å². The van der Waals surface area contributed by atoms with E-state index in [1.54, 1.807) is 0 Å². The number of ether oxygens (including phenoxy) is 1. The molecule has 1 heterocycles. The number of halogens is 1. The molecule has 90 valence electrons. The van der Waals surface area contributed by atoms with Gasteiger partial charge in [0.05, 0.1) is 12.7 Å². The van der Waals surface area contributed by atoms with Crippen LogP contribution in [0.15, 0.2) is 0 Å². The van der Waals surface area contributed by atoms with Crippen molar-refractivity contribution in [3.05, 3.63) is 0 Å². The van der Waals surface area contributed by atoms with Crippen LogP contribution in [0.1, 0.15) is 27.2 Å². The Hall–Kier alpha value is 0.400. The summed E-state index contributed by atoms with van der Waals surface area (Å²) >= 11 is 3.62. The molecule has 0 bridgehead atoms. The lowest BCUT2D eigenvalue weighted by Crippen LogP contribution is -2.45. The van der Waals surface area contributed by atoms with Crippen molar-refractivity contribution in [2.75, 3.05) is 31.6 Å². The summed E-state index contributed by atoms with van der Waals surface area (Å²) in [4.78, 5) is 2.56. The summed E-state index contributed by atoms with van der Waals surface area (Å²) in [5.74, 6) is 1.52. The van der Waals surface area contributed by atoms with Crippen LogP contribution in [-0.4, -0.2) is 42.6 Å². The molecule has 15 heavy (non-hydrogen) atoms. The van der Waals surface area contributed by atoms with Crippen molar-refractivity contribution in [3.63, 3.8) is 0 Å². The molecule has 0 aromatic heterocycles. The molecule has 0 saturated carbocycles. The van der Waals surface area contributed by atoms with Gasteiger partial charge in [0.15, 0.2) is 0 Å². The molecule has 1 saturated heterocycles. The molecule has 0 spiro atoms. The molecule has 0 N–H and O–H groups in total. The summed E-state index contributed by atoms with van der Waals surface area (Å²) in [6.45, 7) is 11.2. The zero-order valence-electron chi connectivity index (χ0n) is 10.2. The van der Waals surface area contributed by atoms with Crippen molar-refractivity contribution in [1.29, 1.82) is 0 Å². The molecular formula is C12H24BrNO. The fraction of sp³-hybridized carbons (Fsp3) is 1.00. The van der Waals surface area contributed by atoms with Crippen LogP contribution >= 0.6 is 15.9 Å². The molecule has 0 radical (unpaired) electrons. The van der Waals surface area contributed by atoms with Crippen molar-refractivity contribution < 1.29 is 4.74 Å². The van der Waals surface area contributed by atoms with Gasteiger partial charge in [-0.3, -0.25) is 4.90 Å². The van der Waals surface area contributed by atoms with Gasteiger partial charge in [0.2, 0.25) is 0 Å². The first kappa shape index (κ1) is 13.5. The molecule has 1 aliphatic rings. The van der Waals surface area contributed by atoms with Crippen molar-refractivity contribution in [1.82, 2.24) is 4.90 Å². The fourth-order valence-corrected chi connectivity index (χ4v) is 2.92. The highest BCUT2D eigenvalue weighted by atomic mass is 79.9. The minimum absolute atomic E-state index is 0.460. The van der Waals surface area contributed by atoms with Crippen LogP contribution < -0.4 is 0 Å². The normalized spacial score (nSPS) is 25.8. The summed E-state index contributed by atoms with van der Waals surface area (Å²) in [6.07, 6.45) is 1.60. The van der Waals surface area contributed by atoms with Gasteiger partial charge >= 0.3 is 0 Å². The molecular weight excluding hydrogens is 254 g/mol. The Morgan fingerprint density at radius 3 is 2.73 bits per heavy atom. The molecule has 0 aliphatic carbocycles. The summed E-state index contributed by atoms with van der Waals surface area (Å²) in [7, 11) is 0. The van der Waals surface area contributed by atoms with Gasteiger partial charge in [-0.1, -0.05) is 36.7 Å². The van der Waals surface area contributed by atoms with E-state index in [4.69, 9.17) is 4.74 Å². The highest BCUT2D eigenvalue weighted by Crippen LogP contribution is 2.17. The second-order valence-electron chi connectivity index (χ2n) is 4.82. The van der Waals surface area contributed by atoms with Crippen molar-refractivity contribution in [2.45, 2.75) is 33.3 Å². The van der Waals surface area contributed by atoms with E-state index in [1.165, 1.54) is 6.54 Å². The standard InChI is InChI=1S/C12H24BrNO/c1-4-12-9-14(5-6-15-12)8-11(7-13)10(2)3/h10-12H,4-9H2,1-3H3. The van der Waals surface area contributed by atoms with Gasteiger partial charge in [-0.2, -0.15) is 0 Å². The largest absolute Gasteiger partial charge is 0.376 e. The zero-order valence-corrected chi connectivity index (χ0v) is 11.8. The van der Waals surface area contributed by atoms with Gasteiger partial charge in [-0.25, -0.2) is 0 Å². The van der Waals surface area contributed by atoms with E-state index in [2.05, 4.69) is 41.6 Å². The first-order chi connectivity index (χ1) is 7.17. The fourth-order valence-electron chi connectivity index (χ4n) is 1.96. The lowest BCUT2D eigenvalue weighted by molar-refractivity contribution is -0.0348. The SMILES string of the molecule is CCC1CN(CC(CBr)C(C)C)CCO1. The number of rotatable bonds is 5. The van der Waals surface area contributed by atoms with E-state index in [0.717, 1.165) is 43.3 Å². The third kappa shape index (κ3) is 4.41. The summed E-state index contributed by atoms with van der Waals surface area (Å²) in [5.41, 5.74) is 0. The number of morpholine rings is 1. The maximum absolute atomic E-state index is 5.68. The Morgan fingerprint density at radius 1 is 1.47 bits per heavy atom. The van der Waals surface area contributed by atoms with Crippen LogP contribution in [0, 0.1) is 11.8 Å². The highest BCUT2D eigenvalue weighted by molar-refractivity contribution is 9.09. The smallest absolute Gasteiger partial charge is 0.0700 e. The zero-order chi connectivity index (χ0) is 11.3. The van der Waals surface area contributed by atoms with E-state index in [9.17, 15) is 0 Å². The summed E-state index contributed by atoms with van der Waals surface area (Å²) < 4.78 is 5.68. The predicted molar refractivity (Wildman–Crippen MR) is 68.6 cm³/mol. The van der Waals surface area contributed by atoms with Gasteiger partial charge in [-0.05, 0) is 18.3 Å².